The largest absolute Gasteiger partial charge is 0.464 e. The summed E-state index contributed by atoms with van der Waals surface area (Å²) in [6, 6.07) is 5.29. The number of nitrogens with zero attached hydrogens (tertiary/aromatic N) is 3. The van der Waals surface area contributed by atoms with Crippen LogP contribution < -0.4 is 0 Å². The number of aromatic nitrogens is 1. The number of methoxy groups -OCH3 is 1. The second kappa shape index (κ2) is 9.88. The Morgan fingerprint density at radius 1 is 1.29 bits per heavy atom. The SMILES string of the molecule is CO/N=C(/C(=O)OC)c1cccc(C)c1CO/N=C(\C)c1ncc(C(F)F)s1. The van der Waals surface area contributed by atoms with Gasteiger partial charge < -0.3 is 14.4 Å². The second-order valence-electron chi connectivity index (χ2n) is 5.53. The summed E-state index contributed by atoms with van der Waals surface area (Å²) in [7, 11) is 2.57. The van der Waals surface area contributed by atoms with Crippen molar-refractivity contribution in [1.82, 2.24) is 4.98 Å². The highest BCUT2D eigenvalue weighted by molar-refractivity contribution is 7.13. The number of halogens is 2. The van der Waals surface area contributed by atoms with E-state index in [4.69, 9.17) is 14.4 Å². The third kappa shape index (κ3) is 5.10. The molecular formula is C18H19F2N3O4S. The first-order valence-corrected chi connectivity index (χ1v) is 8.89. The van der Waals surface area contributed by atoms with Gasteiger partial charge in [-0.3, -0.25) is 0 Å². The third-order valence-corrected chi connectivity index (χ3v) is 4.80. The highest BCUT2D eigenvalue weighted by atomic mass is 32.1. The summed E-state index contributed by atoms with van der Waals surface area (Å²) in [4.78, 5) is 25.9. The van der Waals surface area contributed by atoms with Gasteiger partial charge in [0.1, 0.15) is 24.4 Å². The number of thiazole rings is 1. The summed E-state index contributed by atoms with van der Waals surface area (Å²) >= 11 is 0.851. The monoisotopic (exact) mass is 411 g/mol. The fraction of sp³-hybridized carbons (Fsp3) is 0.333. The molecule has 0 aliphatic heterocycles. The van der Waals surface area contributed by atoms with Gasteiger partial charge in [-0.05, 0) is 19.4 Å². The van der Waals surface area contributed by atoms with Crippen LogP contribution in [0.4, 0.5) is 8.78 Å². The summed E-state index contributed by atoms with van der Waals surface area (Å²) in [5, 5.41) is 8.04. The van der Waals surface area contributed by atoms with Gasteiger partial charge >= 0.3 is 5.97 Å². The molecule has 0 amide bonds. The molecule has 1 heterocycles. The molecule has 0 saturated heterocycles. The Morgan fingerprint density at radius 2 is 2.04 bits per heavy atom. The Labute approximate surface area is 164 Å². The standard InChI is InChI=1S/C18H19F2N3O4S/c1-10-6-5-7-12(15(23-26-4)18(24)25-3)13(10)9-27-22-11(2)17-21-8-14(28-17)16(19)20/h5-8,16H,9H2,1-4H3/b22-11+,23-15+. The van der Waals surface area contributed by atoms with Crippen molar-refractivity contribution in [1.29, 1.82) is 0 Å². The zero-order valence-electron chi connectivity index (χ0n) is 15.7. The highest BCUT2D eigenvalue weighted by Gasteiger charge is 2.21. The number of alkyl halides is 2. The Balaban J connectivity index is 2.24. The van der Waals surface area contributed by atoms with Crippen molar-refractivity contribution in [3.05, 3.63) is 51.0 Å². The first-order chi connectivity index (χ1) is 13.4. The topological polar surface area (TPSA) is 82.4 Å². The van der Waals surface area contributed by atoms with Gasteiger partial charge in [0, 0.05) is 17.3 Å². The van der Waals surface area contributed by atoms with E-state index in [1.54, 1.807) is 19.1 Å². The zero-order valence-corrected chi connectivity index (χ0v) is 16.5. The van der Waals surface area contributed by atoms with Crippen LogP contribution in [-0.2, 0) is 25.8 Å². The molecule has 2 aromatic rings. The quantitative estimate of drug-likeness (QED) is 0.374. The highest BCUT2D eigenvalue weighted by Crippen LogP contribution is 2.25. The third-order valence-electron chi connectivity index (χ3n) is 3.69. The molecular weight excluding hydrogens is 392 g/mol. The minimum absolute atomic E-state index is 0.00509. The second-order valence-corrected chi connectivity index (χ2v) is 6.60. The van der Waals surface area contributed by atoms with E-state index in [9.17, 15) is 13.6 Å². The molecule has 0 N–H and O–H groups in total. The Morgan fingerprint density at radius 3 is 2.64 bits per heavy atom. The first kappa shape index (κ1) is 21.4. The van der Waals surface area contributed by atoms with Crippen molar-refractivity contribution in [2.75, 3.05) is 14.2 Å². The fourth-order valence-electron chi connectivity index (χ4n) is 2.29. The lowest BCUT2D eigenvalue weighted by Crippen LogP contribution is -2.20. The maximum absolute atomic E-state index is 12.7. The smallest absolute Gasteiger partial charge is 0.360 e. The molecule has 0 bridgehead atoms. The molecule has 0 saturated carbocycles. The van der Waals surface area contributed by atoms with Crippen molar-refractivity contribution in [2.45, 2.75) is 26.9 Å². The minimum Gasteiger partial charge on any atom is -0.464 e. The van der Waals surface area contributed by atoms with Crippen molar-refractivity contribution in [3.8, 4) is 0 Å². The van der Waals surface area contributed by atoms with Crippen LogP contribution in [0.1, 0.15) is 39.9 Å². The molecule has 2 rings (SSSR count). The summed E-state index contributed by atoms with van der Waals surface area (Å²) in [5.41, 5.74) is 2.34. The van der Waals surface area contributed by atoms with E-state index in [-0.39, 0.29) is 17.2 Å². The molecule has 0 spiro atoms. The molecule has 1 aromatic carbocycles. The lowest BCUT2D eigenvalue weighted by molar-refractivity contribution is -0.132. The maximum Gasteiger partial charge on any atom is 0.360 e. The Bertz CT molecular complexity index is 897. The van der Waals surface area contributed by atoms with Crippen LogP contribution in [-0.4, -0.2) is 36.6 Å². The van der Waals surface area contributed by atoms with E-state index in [2.05, 4.69) is 15.3 Å². The van der Waals surface area contributed by atoms with Gasteiger partial charge in [-0.25, -0.2) is 18.6 Å². The molecule has 0 radical (unpaired) electrons. The fourth-order valence-corrected chi connectivity index (χ4v) is 3.00. The number of hydrogen-bond acceptors (Lipinski definition) is 8. The summed E-state index contributed by atoms with van der Waals surface area (Å²) < 4.78 is 30.1. The normalized spacial score (nSPS) is 12.2. The number of esters is 1. The van der Waals surface area contributed by atoms with Crippen LogP contribution in [0.2, 0.25) is 0 Å². The lowest BCUT2D eigenvalue weighted by Gasteiger charge is -2.12. The molecule has 0 aliphatic rings. The van der Waals surface area contributed by atoms with Gasteiger partial charge in [-0.15, -0.1) is 11.3 Å². The Kier molecular flexibility index (Phi) is 7.56. The first-order valence-electron chi connectivity index (χ1n) is 8.08. The van der Waals surface area contributed by atoms with Crippen molar-refractivity contribution in [3.63, 3.8) is 0 Å². The number of rotatable bonds is 8. The Hall–Kier alpha value is -2.88. The minimum atomic E-state index is -2.58. The maximum atomic E-state index is 12.7. The number of aryl methyl sites for hydroxylation is 1. The summed E-state index contributed by atoms with van der Waals surface area (Å²) in [6.07, 6.45) is -1.46. The lowest BCUT2D eigenvalue weighted by atomic mass is 9.99. The van der Waals surface area contributed by atoms with E-state index < -0.39 is 12.4 Å². The van der Waals surface area contributed by atoms with Crippen molar-refractivity contribution < 1.29 is 28.0 Å². The van der Waals surface area contributed by atoms with Crippen molar-refractivity contribution in [2.24, 2.45) is 10.3 Å². The molecule has 0 unspecified atom stereocenters. The number of ether oxygens (including phenoxy) is 1. The summed E-state index contributed by atoms with van der Waals surface area (Å²) in [6.45, 7) is 3.47. The van der Waals surface area contributed by atoms with E-state index in [1.807, 2.05) is 13.0 Å². The average Bonchev–Trinajstić information content (AvgIpc) is 3.17. The van der Waals surface area contributed by atoms with Crippen LogP contribution in [0.15, 0.2) is 34.7 Å². The van der Waals surface area contributed by atoms with Crippen LogP contribution in [0.5, 0.6) is 0 Å². The molecule has 1 aromatic heterocycles. The van der Waals surface area contributed by atoms with Gasteiger partial charge in [0.15, 0.2) is 5.71 Å². The number of benzene rings is 1. The molecule has 10 heteroatoms. The van der Waals surface area contributed by atoms with E-state index >= 15 is 0 Å². The molecule has 7 nitrogen and oxygen atoms in total. The number of hydrogen-bond donors (Lipinski definition) is 0. The van der Waals surface area contributed by atoms with Crippen LogP contribution in [0.3, 0.4) is 0 Å². The van der Waals surface area contributed by atoms with E-state index in [1.165, 1.54) is 14.2 Å². The average molecular weight is 411 g/mol. The predicted octanol–water partition coefficient (Wildman–Crippen LogP) is 3.85. The molecule has 150 valence electrons. The molecule has 0 atom stereocenters. The van der Waals surface area contributed by atoms with Gasteiger partial charge in [-0.2, -0.15) is 0 Å². The van der Waals surface area contributed by atoms with Crippen LogP contribution in [0.25, 0.3) is 0 Å². The van der Waals surface area contributed by atoms with E-state index in [0.717, 1.165) is 23.1 Å². The number of carbonyl (C=O) groups excluding carboxylic acids is 1. The van der Waals surface area contributed by atoms with Crippen molar-refractivity contribution >= 4 is 28.7 Å². The molecule has 0 aliphatic carbocycles. The zero-order chi connectivity index (χ0) is 20.7. The summed E-state index contributed by atoms with van der Waals surface area (Å²) in [5.74, 6) is -0.657. The van der Waals surface area contributed by atoms with Crippen LogP contribution in [0, 0.1) is 6.92 Å². The van der Waals surface area contributed by atoms with Gasteiger partial charge in [0.05, 0.1) is 12.0 Å². The molecule has 28 heavy (non-hydrogen) atoms. The predicted molar refractivity (Wildman–Crippen MR) is 101 cm³/mol. The van der Waals surface area contributed by atoms with Gasteiger partial charge in [0.2, 0.25) is 0 Å². The van der Waals surface area contributed by atoms with E-state index in [0.29, 0.717) is 21.8 Å². The number of oxime groups is 2. The van der Waals surface area contributed by atoms with Gasteiger partial charge in [-0.1, -0.05) is 28.5 Å². The number of carbonyl (C=O) groups is 1. The molecule has 0 fully saturated rings. The van der Waals surface area contributed by atoms with Gasteiger partial charge in [0.25, 0.3) is 6.43 Å². The van der Waals surface area contributed by atoms with Crippen LogP contribution >= 0.6 is 11.3 Å².